The number of anilines is 1. The summed E-state index contributed by atoms with van der Waals surface area (Å²) < 4.78 is 29.3. The van der Waals surface area contributed by atoms with Crippen molar-refractivity contribution in [1.29, 1.82) is 0 Å². The molecule has 9 heteroatoms. The molecule has 0 bridgehead atoms. The van der Waals surface area contributed by atoms with E-state index in [-0.39, 0.29) is 16.3 Å². The molecule has 4 aromatic rings. The molecule has 0 aliphatic carbocycles. The molecule has 0 spiro atoms. The van der Waals surface area contributed by atoms with E-state index >= 15 is 0 Å². The Morgan fingerprint density at radius 3 is 2.45 bits per heavy atom. The van der Waals surface area contributed by atoms with Gasteiger partial charge in [0.15, 0.2) is 0 Å². The summed E-state index contributed by atoms with van der Waals surface area (Å²) in [4.78, 5) is 27.9. The molecule has 4 rings (SSSR count). The van der Waals surface area contributed by atoms with Crippen LogP contribution in [0.4, 0.5) is 5.69 Å². The number of fused-ring (bicyclic) bond motifs is 1. The van der Waals surface area contributed by atoms with Gasteiger partial charge >= 0.3 is 5.69 Å². The first-order valence-electron chi connectivity index (χ1n) is 9.42. The number of para-hydroxylation sites is 2. The molecular formula is C22H19N3O5S. The highest BCUT2D eigenvalue weighted by Gasteiger charge is 2.19. The highest BCUT2D eigenvalue weighted by atomic mass is 32.2. The third-order valence-corrected chi connectivity index (χ3v) is 6.21. The Morgan fingerprint density at radius 1 is 0.968 bits per heavy atom. The van der Waals surface area contributed by atoms with Crippen LogP contribution in [0.2, 0.25) is 0 Å². The van der Waals surface area contributed by atoms with E-state index in [1.165, 1.54) is 31.2 Å². The van der Waals surface area contributed by atoms with Crippen molar-refractivity contribution in [2.45, 2.75) is 17.9 Å². The normalized spacial score (nSPS) is 12.6. The van der Waals surface area contributed by atoms with Crippen LogP contribution in [0.1, 0.15) is 18.6 Å². The maximum atomic E-state index is 13.0. The Labute approximate surface area is 177 Å². The topological polar surface area (TPSA) is 121 Å². The molecule has 0 aliphatic heterocycles. The summed E-state index contributed by atoms with van der Waals surface area (Å²) in [6.07, 6.45) is -0.875. The van der Waals surface area contributed by atoms with Crippen molar-refractivity contribution < 1.29 is 13.5 Å². The van der Waals surface area contributed by atoms with Gasteiger partial charge in [-0.3, -0.25) is 9.52 Å². The van der Waals surface area contributed by atoms with E-state index in [4.69, 9.17) is 0 Å². The fourth-order valence-electron chi connectivity index (χ4n) is 3.34. The van der Waals surface area contributed by atoms with Crippen molar-refractivity contribution in [3.63, 3.8) is 0 Å². The Bertz CT molecular complexity index is 1500. The lowest BCUT2D eigenvalue weighted by atomic mass is 10.1. The van der Waals surface area contributed by atoms with Crippen LogP contribution in [0, 0.1) is 0 Å². The number of aliphatic hydroxyl groups is 1. The minimum atomic E-state index is -4.06. The van der Waals surface area contributed by atoms with Gasteiger partial charge in [0, 0.05) is 5.56 Å². The largest absolute Gasteiger partial charge is 0.389 e. The second kappa shape index (κ2) is 7.86. The Kier molecular flexibility index (Phi) is 5.22. The summed E-state index contributed by atoms with van der Waals surface area (Å²) in [7, 11) is -4.06. The van der Waals surface area contributed by atoms with Gasteiger partial charge in [-0.25, -0.2) is 17.8 Å². The van der Waals surface area contributed by atoms with Crippen LogP contribution >= 0.6 is 0 Å². The lowest BCUT2D eigenvalue weighted by molar-refractivity contribution is 0.200. The highest BCUT2D eigenvalue weighted by Crippen LogP contribution is 2.25. The van der Waals surface area contributed by atoms with Crippen molar-refractivity contribution in [2.75, 3.05) is 4.72 Å². The zero-order valence-corrected chi connectivity index (χ0v) is 17.3. The van der Waals surface area contributed by atoms with Crippen LogP contribution in [-0.2, 0) is 10.0 Å². The van der Waals surface area contributed by atoms with Gasteiger partial charge in [0.25, 0.3) is 15.6 Å². The first kappa shape index (κ1) is 20.6. The van der Waals surface area contributed by atoms with Crippen molar-refractivity contribution in [3.05, 3.63) is 99.2 Å². The second-order valence-electron chi connectivity index (χ2n) is 6.98. The molecule has 3 aromatic carbocycles. The van der Waals surface area contributed by atoms with Crippen molar-refractivity contribution in [3.8, 4) is 5.69 Å². The van der Waals surface area contributed by atoms with Crippen LogP contribution in [0.5, 0.6) is 0 Å². The average molecular weight is 437 g/mol. The molecule has 1 aromatic heterocycles. The zero-order chi connectivity index (χ0) is 22.2. The molecule has 1 unspecified atom stereocenters. The van der Waals surface area contributed by atoms with Gasteiger partial charge in [-0.2, -0.15) is 0 Å². The van der Waals surface area contributed by atoms with Crippen molar-refractivity contribution in [2.24, 2.45) is 0 Å². The predicted molar refractivity (Wildman–Crippen MR) is 118 cm³/mol. The van der Waals surface area contributed by atoms with Gasteiger partial charge in [-0.05, 0) is 43.3 Å². The van der Waals surface area contributed by atoms with Crippen LogP contribution in [0.15, 0.2) is 87.3 Å². The molecule has 0 radical (unpaired) electrons. The fraction of sp³-hybridized carbons (Fsp3) is 0.0909. The number of aromatic nitrogens is 2. The van der Waals surface area contributed by atoms with Crippen molar-refractivity contribution >= 4 is 26.6 Å². The maximum Gasteiger partial charge on any atom is 0.333 e. The highest BCUT2D eigenvalue weighted by molar-refractivity contribution is 7.92. The minimum absolute atomic E-state index is 0.115. The van der Waals surface area contributed by atoms with Gasteiger partial charge in [0.05, 0.1) is 33.3 Å². The number of hydrogen-bond acceptors (Lipinski definition) is 5. The Hall–Kier alpha value is -3.69. The smallest absolute Gasteiger partial charge is 0.333 e. The predicted octanol–water partition coefficient (Wildman–Crippen LogP) is 2.53. The first-order chi connectivity index (χ1) is 14.8. The summed E-state index contributed by atoms with van der Waals surface area (Å²) in [5.41, 5.74) is -0.0578. The summed E-state index contributed by atoms with van der Waals surface area (Å²) in [6, 6.07) is 18.6. The lowest BCUT2D eigenvalue weighted by Crippen LogP contribution is -2.33. The molecule has 158 valence electrons. The number of nitrogens with zero attached hydrogens (tertiary/aromatic N) is 1. The van der Waals surface area contributed by atoms with Gasteiger partial charge < -0.3 is 10.1 Å². The van der Waals surface area contributed by atoms with E-state index in [2.05, 4.69) is 9.71 Å². The molecule has 8 nitrogen and oxygen atoms in total. The molecule has 3 N–H and O–H groups in total. The second-order valence-corrected chi connectivity index (χ2v) is 8.66. The molecule has 31 heavy (non-hydrogen) atoms. The number of nitrogens with one attached hydrogen (secondary N) is 2. The van der Waals surface area contributed by atoms with Crippen LogP contribution < -0.4 is 16.0 Å². The summed E-state index contributed by atoms with van der Waals surface area (Å²) >= 11 is 0. The van der Waals surface area contributed by atoms with Gasteiger partial charge in [-0.15, -0.1) is 0 Å². The quantitative estimate of drug-likeness (QED) is 0.443. The maximum absolute atomic E-state index is 13.0. The Morgan fingerprint density at radius 2 is 1.68 bits per heavy atom. The van der Waals surface area contributed by atoms with E-state index in [0.717, 1.165) is 4.57 Å². The Balaban J connectivity index is 1.81. The number of hydrogen-bond donors (Lipinski definition) is 3. The third-order valence-electron chi connectivity index (χ3n) is 4.85. The van der Waals surface area contributed by atoms with E-state index in [1.54, 1.807) is 48.5 Å². The molecule has 0 saturated carbocycles. The molecule has 0 fully saturated rings. The van der Waals surface area contributed by atoms with Gasteiger partial charge in [0.2, 0.25) is 0 Å². The number of rotatable bonds is 5. The van der Waals surface area contributed by atoms with Gasteiger partial charge in [0.1, 0.15) is 0 Å². The summed E-state index contributed by atoms with van der Waals surface area (Å²) in [5, 5.41) is 10.2. The molecule has 1 heterocycles. The van der Waals surface area contributed by atoms with E-state index in [1.807, 2.05) is 0 Å². The average Bonchev–Trinajstić information content (AvgIpc) is 2.74. The molecular weight excluding hydrogens is 418 g/mol. The standard InChI is InChI=1S/C22H19N3O5S/c1-14(26)17-9-2-5-12-20(17)24-31(29,30)16-8-6-7-15(13-16)25-21(27)18-10-3-4-11-19(18)23-22(25)28/h2-14,24,26H,1H3,(H,23,28). The van der Waals surface area contributed by atoms with E-state index < -0.39 is 27.4 Å². The minimum Gasteiger partial charge on any atom is -0.389 e. The van der Waals surface area contributed by atoms with E-state index in [9.17, 15) is 23.1 Å². The monoisotopic (exact) mass is 437 g/mol. The fourth-order valence-corrected chi connectivity index (χ4v) is 4.47. The zero-order valence-electron chi connectivity index (χ0n) is 16.4. The number of aliphatic hydroxyl groups excluding tert-OH is 1. The SMILES string of the molecule is CC(O)c1ccccc1NS(=O)(=O)c1cccc(-n2c(=O)[nH]c3ccccc3c2=O)c1. The van der Waals surface area contributed by atoms with Crippen LogP contribution in [-0.4, -0.2) is 23.1 Å². The molecule has 0 aliphatic rings. The number of H-pyrrole nitrogens is 1. The van der Waals surface area contributed by atoms with Gasteiger partial charge in [-0.1, -0.05) is 36.4 Å². The number of benzene rings is 3. The number of aromatic amines is 1. The lowest BCUT2D eigenvalue weighted by Gasteiger charge is -2.15. The first-order valence-corrected chi connectivity index (χ1v) is 10.9. The molecule has 0 amide bonds. The molecule has 0 saturated heterocycles. The number of sulfonamides is 1. The van der Waals surface area contributed by atoms with E-state index in [0.29, 0.717) is 16.5 Å². The molecule has 1 atom stereocenters. The third kappa shape index (κ3) is 3.88. The van der Waals surface area contributed by atoms with Crippen LogP contribution in [0.25, 0.3) is 16.6 Å². The summed E-state index contributed by atoms with van der Waals surface area (Å²) in [5.74, 6) is 0. The summed E-state index contributed by atoms with van der Waals surface area (Å²) in [6.45, 7) is 1.53. The van der Waals surface area contributed by atoms with Crippen LogP contribution in [0.3, 0.4) is 0 Å². The van der Waals surface area contributed by atoms with Crippen molar-refractivity contribution in [1.82, 2.24) is 9.55 Å².